The molecule has 1 saturated carbocycles. The van der Waals surface area contributed by atoms with Gasteiger partial charge in [-0.2, -0.15) is 0 Å². The Morgan fingerprint density at radius 1 is 1.05 bits per heavy atom. The smallest absolute Gasteiger partial charge is 0.253 e. The maximum Gasteiger partial charge on any atom is 0.253 e. The van der Waals surface area contributed by atoms with Crippen molar-refractivity contribution in [3.05, 3.63) is 75.2 Å². The van der Waals surface area contributed by atoms with Crippen LogP contribution in [0.25, 0.3) is 11.1 Å². The van der Waals surface area contributed by atoms with Gasteiger partial charge in [0.1, 0.15) is 6.33 Å². The van der Waals surface area contributed by atoms with Crippen LogP contribution in [0, 0.1) is 26.7 Å². The molecule has 1 unspecified atom stereocenters. The number of aromatic amines is 1. The SMILES string of the molecule is Cc1cc(C)c(CNC(=O)c2cc(-c3cncnc3)cc(NC(C)C3CCC(N(C)C)CC3)c2C)c(=O)[nH]1. The third kappa shape index (κ3) is 6.30. The minimum Gasteiger partial charge on any atom is -0.382 e. The van der Waals surface area contributed by atoms with Gasteiger partial charge in [0, 0.05) is 59.1 Å². The molecule has 202 valence electrons. The van der Waals surface area contributed by atoms with Crippen LogP contribution < -0.4 is 16.2 Å². The third-order valence-corrected chi connectivity index (χ3v) is 8.03. The van der Waals surface area contributed by atoms with Gasteiger partial charge in [-0.25, -0.2) is 9.97 Å². The molecule has 1 amide bonds. The Balaban J connectivity index is 1.59. The van der Waals surface area contributed by atoms with E-state index in [0.29, 0.717) is 23.1 Å². The van der Waals surface area contributed by atoms with Crippen LogP contribution in [0.1, 0.15) is 65.3 Å². The molecule has 1 aliphatic rings. The van der Waals surface area contributed by atoms with E-state index in [1.54, 1.807) is 12.4 Å². The number of amides is 1. The second-order valence-electron chi connectivity index (χ2n) is 10.9. The van der Waals surface area contributed by atoms with Crippen LogP contribution in [0.4, 0.5) is 5.69 Å². The summed E-state index contributed by atoms with van der Waals surface area (Å²) >= 11 is 0. The maximum atomic E-state index is 13.5. The quantitative estimate of drug-likeness (QED) is 0.404. The van der Waals surface area contributed by atoms with Crippen molar-refractivity contribution in [3.8, 4) is 11.1 Å². The number of carbonyl (C=O) groups is 1. The Hall–Kier alpha value is -3.52. The van der Waals surface area contributed by atoms with E-state index in [9.17, 15) is 9.59 Å². The molecule has 1 aliphatic carbocycles. The topological polar surface area (TPSA) is 103 Å². The lowest BCUT2D eigenvalue weighted by molar-refractivity contribution is 0.0950. The number of anilines is 1. The first-order valence-electron chi connectivity index (χ1n) is 13.4. The van der Waals surface area contributed by atoms with Gasteiger partial charge in [0.05, 0.1) is 0 Å². The summed E-state index contributed by atoms with van der Waals surface area (Å²) < 4.78 is 0. The largest absolute Gasteiger partial charge is 0.382 e. The normalized spacial score (nSPS) is 18.3. The van der Waals surface area contributed by atoms with Crippen molar-refractivity contribution in [3.63, 3.8) is 0 Å². The third-order valence-electron chi connectivity index (χ3n) is 8.03. The predicted octanol–water partition coefficient (Wildman–Crippen LogP) is 4.61. The number of nitrogens with one attached hydrogen (secondary N) is 3. The summed E-state index contributed by atoms with van der Waals surface area (Å²) in [5, 5.41) is 6.71. The summed E-state index contributed by atoms with van der Waals surface area (Å²) in [4.78, 5) is 39.4. The zero-order chi connectivity index (χ0) is 27.4. The van der Waals surface area contributed by atoms with Gasteiger partial charge in [0.25, 0.3) is 11.5 Å². The molecule has 8 nitrogen and oxygen atoms in total. The number of rotatable bonds is 8. The van der Waals surface area contributed by atoms with Crippen molar-refractivity contribution < 1.29 is 4.79 Å². The summed E-state index contributed by atoms with van der Waals surface area (Å²) in [5.74, 6) is 0.352. The first-order valence-corrected chi connectivity index (χ1v) is 13.4. The summed E-state index contributed by atoms with van der Waals surface area (Å²) in [6.07, 6.45) is 9.78. The number of aromatic nitrogens is 3. The summed E-state index contributed by atoms with van der Waals surface area (Å²) in [6, 6.07) is 6.81. The first-order chi connectivity index (χ1) is 18.1. The molecule has 0 radical (unpaired) electrons. The van der Waals surface area contributed by atoms with E-state index in [1.165, 1.54) is 32.0 Å². The molecule has 2 heterocycles. The second kappa shape index (κ2) is 11.9. The molecule has 1 atom stereocenters. The van der Waals surface area contributed by atoms with E-state index in [4.69, 9.17) is 0 Å². The molecular formula is C30H40N6O2. The summed E-state index contributed by atoms with van der Waals surface area (Å²) in [5.41, 5.74) is 6.15. The lowest BCUT2D eigenvalue weighted by Crippen LogP contribution is -2.36. The fraction of sp³-hybridized carbons (Fsp3) is 0.467. The van der Waals surface area contributed by atoms with E-state index in [-0.39, 0.29) is 24.1 Å². The van der Waals surface area contributed by atoms with Crippen molar-refractivity contribution in [1.82, 2.24) is 25.2 Å². The van der Waals surface area contributed by atoms with Crippen molar-refractivity contribution in [2.75, 3.05) is 19.4 Å². The van der Waals surface area contributed by atoms with Crippen LogP contribution in [0.5, 0.6) is 0 Å². The molecule has 3 aromatic rings. The standard InChI is InChI=1S/C30H40N6O2/c1-18-11-19(2)34-30(38)27(18)16-33-29(37)26-12-23(24-14-31-17-32-15-24)13-28(20(26)3)35-21(4)22-7-9-25(10-8-22)36(5)6/h11-15,17,21-22,25,35H,7-10,16H2,1-6H3,(H,33,37)(H,34,38). The van der Waals surface area contributed by atoms with Gasteiger partial charge in [-0.1, -0.05) is 0 Å². The molecule has 1 aromatic carbocycles. The molecule has 0 aliphatic heterocycles. The van der Waals surface area contributed by atoms with Crippen molar-refractivity contribution in [2.24, 2.45) is 5.92 Å². The molecule has 1 fully saturated rings. The highest BCUT2D eigenvalue weighted by atomic mass is 16.1. The number of benzene rings is 1. The molecule has 3 N–H and O–H groups in total. The Kier molecular flexibility index (Phi) is 8.62. The maximum absolute atomic E-state index is 13.5. The summed E-state index contributed by atoms with van der Waals surface area (Å²) in [7, 11) is 4.33. The number of hydrogen-bond acceptors (Lipinski definition) is 6. The monoisotopic (exact) mass is 516 g/mol. The molecule has 8 heteroatoms. The fourth-order valence-electron chi connectivity index (χ4n) is 5.56. The minimum atomic E-state index is -0.220. The van der Waals surface area contributed by atoms with Gasteiger partial charge in [-0.3, -0.25) is 9.59 Å². The average Bonchev–Trinajstić information content (AvgIpc) is 2.89. The van der Waals surface area contributed by atoms with Gasteiger partial charge >= 0.3 is 0 Å². The van der Waals surface area contributed by atoms with Crippen molar-refractivity contribution in [1.29, 1.82) is 0 Å². The number of hydrogen-bond donors (Lipinski definition) is 3. The molecular weight excluding hydrogens is 476 g/mol. The van der Waals surface area contributed by atoms with Crippen molar-refractivity contribution >= 4 is 11.6 Å². The Labute approximate surface area is 225 Å². The Bertz CT molecular complexity index is 1330. The zero-order valence-electron chi connectivity index (χ0n) is 23.4. The predicted molar refractivity (Wildman–Crippen MR) is 152 cm³/mol. The van der Waals surface area contributed by atoms with Crippen molar-refractivity contribution in [2.45, 2.75) is 72.0 Å². The number of carbonyl (C=O) groups excluding carboxylic acids is 1. The lowest BCUT2D eigenvalue weighted by Gasteiger charge is -2.36. The zero-order valence-corrected chi connectivity index (χ0v) is 23.4. The van der Waals surface area contributed by atoms with Crippen LogP contribution >= 0.6 is 0 Å². The van der Waals surface area contributed by atoms with Gasteiger partial charge in [-0.15, -0.1) is 0 Å². The van der Waals surface area contributed by atoms with Crippen LogP contribution in [0.2, 0.25) is 0 Å². The van der Waals surface area contributed by atoms with Gasteiger partial charge in [0.15, 0.2) is 0 Å². The minimum absolute atomic E-state index is 0.159. The number of H-pyrrole nitrogens is 1. The Morgan fingerprint density at radius 2 is 1.74 bits per heavy atom. The van der Waals surface area contributed by atoms with E-state index < -0.39 is 0 Å². The lowest BCUT2D eigenvalue weighted by atomic mass is 9.81. The molecule has 0 spiro atoms. The van der Waals surface area contributed by atoms with Gasteiger partial charge in [-0.05, 0) is 108 Å². The van der Waals surface area contributed by atoms with Crippen LogP contribution in [-0.2, 0) is 6.54 Å². The van der Waals surface area contributed by atoms with Crippen LogP contribution in [0.3, 0.4) is 0 Å². The molecule has 0 saturated heterocycles. The van der Waals surface area contributed by atoms with Gasteiger partial charge < -0.3 is 20.5 Å². The molecule has 38 heavy (non-hydrogen) atoms. The highest BCUT2D eigenvalue weighted by Crippen LogP contribution is 2.33. The molecule has 2 aromatic heterocycles. The van der Waals surface area contributed by atoms with E-state index >= 15 is 0 Å². The molecule has 0 bridgehead atoms. The fourth-order valence-corrected chi connectivity index (χ4v) is 5.56. The van der Waals surface area contributed by atoms with Gasteiger partial charge in [0.2, 0.25) is 0 Å². The van der Waals surface area contributed by atoms with E-state index in [1.807, 2.05) is 32.9 Å². The highest BCUT2D eigenvalue weighted by Gasteiger charge is 2.27. The second-order valence-corrected chi connectivity index (χ2v) is 10.9. The highest BCUT2D eigenvalue weighted by molar-refractivity contribution is 5.98. The Morgan fingerprint density at radius 3 is 2.37 bits per heavy atom. The average molecular weight is 517 g/mol. The van der Waals surface area contributed by atoms with Crippen LogP contribution in [0.15, 0.2) is 41.7 Å². The summed E-state index contributed by atoms with van der Waals surface area (Å²) in [6.45, 7) is 8.11. The number of pyridine rings is 1. The van der Waals surface area contributed by atoms with E-state index in [0.717, 1.165) is 33.6 Å². The van der Waals surface area contributed by atoms with E-state index in [2.05, 4.69) is 57.6 Å². The molecule has 4 rings (SSSR count). The number of aryl methyl sites for hydroxylation is 2. The number of nitrogens with zero attached hydrogens (tertiary/aromatic N) is 3. The van der Waals surface area contributed by atoms with Crippen LogP contribution in [-0.4, -0.2) is 51.9 Å². The first kappa shape index (κ1) is 27.5.